The number of benzene rings is 1. The summed E-state index contributed by atoms with van der Waals surface area (Å²) in [4.78, 5) is 26.1. The Balaban J connectivity index is 1.75. The molecule has 0 aliphatic carbocycles. The molecule has 6 heteroatoms. The molecule has 6 nitrogen and oxygen atoms in total. The number of hydrogen-bond donors (Lipinski definition) is 0. The maximum atomic E-state index is 12.8. The molecule has 0 aromatic heterocycles. The summed E-state index contributed by atoms with van der Waals surface area (Å²) in [7, 11) is 1.33. The number of amides is 1. The highest BCUT2D eigenvalue weighted by Gasteiger charge is 2.36. The van der Waals surface area contributed by atoms with Gasteiger partial charge < -0.3 is 19.1 Å². The van der Waals surface area contributed by atoms with E-state index in [9.17, 15) is 9.59 Å². The van der Waals surface area contributed by atoms with Crippen LogP contribution >= 0.6 is 0 Å². The van der Waals surface area contributed by atoms with Crippen LogP contribution < -0.4 is 0 Å². The topological polar surface area (TPSA) is 65.1 Å². The van der Waals surface area contributed by atoms with Crippen molar-refractivity contribution in [2.24, 2.45) is 0 Å². The second kappa shape index (κ2) is 7.10. The molecule has 2 heterocycles. The summed E-state index contributed by atoms with van der Waals surface area (Å²) in [5, 5.41) is 0. The van der Waals surface area contributed by atoms with Crippen molar-refractivity contribution < 1.29 is 23.8 Å². The molecule has 2 aliphatic rings. The van der Waals surface area contributed by atoms with Gasteiger partial charge in [0.2, 0.25) is 0 Å². The van der Waals surface area contributed by atoms with Gasteiger partial charge in [0, 0.05) is 12.1 Å². The van der Waals surface area contributed by atoms with E-state index in [1.165, 1.54) is 7.11 Å². The lowest BCUT2D eigenvalue weighted by atomic mass is 10.00. The van der Waals surface area contributed by atoms with Gasteiger partial charge in [-0.25, -0.2) is 4.79 Å². The summed E-state index contributed by atoms with van der Waals surface area (Å²) >= 11 is 0. The van der Waals surface area contributed by atoms with E-state index in [1.807, 2.05) is 4.90 Å². The van der Waals surface area contributed by atoms with Crippen LogP contribution in [0.5, 0.6) is 0 Å². The minimum Gasteiger partial charge on any atom is -0.465 e. The molecule has 1 aromatic rings. The Morgan fingerprint density at radius 2 is 1.74 bits per heavy atom. The number of carbonyl (C=O) groups excluding carboxylic acids is 2. The number of nitrogens with zero attached hydrogens (tertiary/aromatic N) is 1. The van der Waals surface area contributed by atoms with E-state index in [-0.39, 0.29) is 18.2 Å². The van der Waals surface area contributed by atoms with E-state index in [0.29, 0.717) is 30.9 Å². The van der Waals surface area contributed by atoms with E-state index >= 15 is 0 Å². The Morgan fingerprint density at radius 1 is 1.09 bits per heavy atom. The van der Waals surface area contributed by atoms with Crippen molar-refractivity contribution in [1.29, 1.82) is 0 Å². The summed E-state index contributed by atoms with van der Waals surface area (Å²) in [6.45, 7) is 1.86. The van der Waals surface area contributed by atoms with Gasteiger partial charge in [0.1, 0.15) is 0 Å². The van der Waals surface area contributed by atoms with Crippen LogP contribution in [0.1, 0.15) is 40.0 Å². The Kier molecular flexibility index (Phi) is 4.93. The summed E-state index contributed by atoms with van der Waals surface area (Å²) < 4.78 is 15.9. The molecule has 0 spiro atoms. The van der Waals surface area contributed by atoms with Gasteiger partial charge in [-0.3, -0.25) is 4.79 Å². The average Bonchev–Trinajstić information content (AvgIpc) is 3.15. The second-order valence-corrected chi connectivity index (χ2v) is 5.74. The van der Waals surface area contributed by atoms with Crippen LogP contribution in [0.25, 0.3) is 0 Å². The van der Waals surface area contributed by atoms with Gasteiger partial charge in [-0.2, -0.15) is 0 Å². The normalized spacial score (nSPS) is 22.1. The summed E-state index contributed by atoms with van der Waals surface area (Å²) in [5.41, 5.74) is 0.990. The zero-order chi connectivity index (χ0) is 16.2. The first-order chi connectivity index (χ1) is 11.2. The van der Waals surface area contributed by atoms with Crippen molar-refractivity contribution >= 4 is 11.9 Å². The number of rotatable bonds is 3. The Labute approximate surface area is 135 Å². The van der Waals surface area contributed by atoms with Crippen molar-refractivity contribution in [2.75, 3.05) is 26.9 Å². The van der Waals surface area contributed by atoms with Gasteiger partial charge in [0.15, 0.2) is 6.29 Å². The van der Waals surface area contributed by atoms with Gasteiger partial charge in [-0.1, -0.05) is 0 Å². The van der Waals surface area contributed by atoms with E-state index in [0.717, 1.165) is 19.3 Å². The Hall–Kier alpha value is -1.92. The third-order valence-corrected chi connectivity index (χ3v) is 4.32. The molecule has 2 aliphatic heterocycles. The number of methoxy groups -OCH3 is 1. The minimum absolute atomic E-state index is 0.0426. The lowest BCUT2D eigenvalue weighted by molar-refractivity contribution is -0.100. The molecule has 0 unspecified atom stereocenters. The summed E-state index contributed by atoms with van der Waals surface area (Å²) in [5.74, 6) is -0.460. The van der Waals surface area contributed by atoms with Crippen LogP contribution in [-0.2, 0) is 14.2 Å². The van der Waals surface area contributed by atoms with Crippen LogP contribution in [0.15, 0.2) is 24.3 Å². The molecular formula is C17H21NO5. The SMILES string of the molecule is COC(=O)c1ccc(C(=O)N2CCCC[C@@H]2C2OCCO2)cc1. The number of carbonyl (C=O) groups is 2. The summed E-state index contributed by atoms with van der Waals surface area (Å²) in [6, 6.07) is 6.51. The predicted octanol–water partition coefficient (Wildman–Crippen LogP) is 1.84. The third-order valence-electron chi connectivity index (χ3n) is 4.32. The number of likely N-dealkylation sites (tertiary alicyclic amines) is 1. The van der Waals surface area contributed by atoms with Gasteiger partial charge >= 0.3 is 5.97 Å². The number of piperidine rings is 1. The quantitative estimate of drug-likeness (QED) is 0.796. The highest BCUT2D eigenvalue weighted by molar-refractivity contribution is 5.96. The van der Waals surface area contributed by atoms with Crippen LogP contribution in [0.3, 0.4) is 0 Å². The van der Waals surface area contributed by atoms with Crippen molar-refractivity contribution in [2.45, 2.75) is 31.6 Å². The lowest BCUT2D eigenvalue weighted by Gasteiger charge is -2.38. The predicted molar refractivity (Wildman–Crippen MR) is 82.1 cm³/mol. The highest BCUT2D eigenvalue weighted by Crippen LogP contribution is 2.26. The molecule has 1 aromatic carbocycles. The molecule has 0 saturated carbocycles. The molecule has 2 fully saturated rings. The van der Waals surface area contributed by atoms with Crippen LogP contribution in [0, 0.1) is 0 Å². The van der Waals surface area contributed by atoms with E-state index in [2.05, 4.69) is 4.74 Å². The van der Waals surface area contributed by atoms with Crippen LogP contribution in [0.4, 0.5) is 0 Å². The number of ether oxygens (including phenoxy) is 3. The minimum atomic E-state index is -0.410. The number of hydrogen-bond acceptors (Lipinski definition) is 5. The van der Waals surface area contributed by atoms with E-state index in [4.69, 9.17) is 9.47 Å². The molecule has 1 amide bonds. The van der Waals surface area contributed by atoms with E-state index < -0.39 is 5.97 Å². The largest absolute Gasteiger partial charge is 0.465 e. The van der Waals surface area contributed by atoms with Crippen LogP contribution in [-0.4, -0.2) is 56.0 Å². The molecule has 0 bridgehead atoms. The lowest BCUT2D eigenvalue weighted by Crippen LogP contribution is -2.50. The second-order valence-electron chi connectivity index (χ2n) is 5.74. The Morgan fingerprint density at radius 3 is 2.39 bits per heavy atom. The first-order valence-electron chi connectivity index (χ1n) is 7.93. The smallest absolute Gasteiger partial charge is 0.337 e. The fourth-order valence-electron chi connectivity index (χ4n) is 3.12. The number of esters is 1. The molecule has 124 valence electrons. The maximum absolute atomic E-state index is 12.8. The molecule has 3 rings (SSSR count). The van der Waals surface area contributed by atoms with Gasteiger partial charge in [-0.15, -0.1) is 0 Å². The van der Waals surface area contributed by atoms with Crippen molar-refractivity contribution in [3.05, 3.63) is 35.4 Å². The zero-order valence-corrected chi connectivity index (χ0v) is 13.2. The first-order valence-corrected chi connectivity index (χ1v) is 7.93. The highest BCUT2D eigenvalue weighted by atomic mass is 16.7. The van der Waals surface area contributed by atoms with Crippen molar-refractivity contribution in [1.82, 2.24) is 4.90 Å². The van der Waals surface area contributed by atoms with E-state index in [1.54, 1.807) is 24.3 Å². The van der Waals surface area contributed by atoms with Gasteiger partial charge in [0.25, 0.3) is 5.91 Å². The average molecular weight is 319 g/mol. The van der Waals surface area contributed by atoms with Gasteiger partial charge in [0.05, 0.1) is 31.9 Å². The maximum Gasteiger partial charge on any atom is 0.337 e. The molecular weight excluding hydrogens is 298 g/mol. The zero-order valence-electron chi connectivity index (χ0n) is 13.2. The monoisotopic (exact) mass is 319 g/mol. The fourth-order valence-corrected chi connectivity index (χ4v) is 3.12. The Bertz CT molecular complexity index is 565. The molecule has 0 radical (unpaired) electrons. The standard InChI is InChI=1S/C17H21NO5/c1-21-16(20)13-7-5-12(6-8-13)15(19)18-9-3-2-4-14(18)17-22-10-11-23-17/h5-8,14,17H,2-4,9-11H2,1H3/t14-/m1/s1. The van der Waals surface area contributed by atoms with Crippen molar-refractivity contribution in [3.63, 3.8) is 0 Å². The third kappa shape index (κ3) is 3.38. The molecule has 1 atom stereocenters. The fraction of sp³-hybridized carbons (Fsp3) is 0.529. The van der Waals surface area contributed by atoms with Gasteiger partial charge in [-0.05, 0) is 43.5 Å². The molecule has 0 N–H and O–H groups in total. The summed E-state index contributed by atoms with van der Waals surface area (Å²) in [6.07, 6.45) is 2.61. The molecule has 2 saturated heterocycles. The molecule has 23 heavy (non-hydrogen) atoms. The van der Waals surface area contributed by atoms with Crippen LogP contribution in [0.2, 0.25) is 0 Å². The van der Waals surface area contributed by atoms with Crippen molar-refractivity contribution in [3.8, 4) is 0 Å². The first kappa shape index (κ1) is 16.0.